The van der Waals surface area contributed by atoms with Gasteiger partial charge in [-0.25, -0.2) is 0 Å². The Morgan fingerprint density at radius 1 is 1.55 bits per heavy atom. The van der Waals surface area contributed by atoms with Crippen LogP contribution in [0.4, 0.5) is 0 Å². The number of hydrogen-bond donors (Lipinski definition) is 1. The van der Waals surface area contributed by atoms with Crippen LogP contribution in [-0.4, -0.2) is 7.05 Å². The van der Waals surface area contributed by atoms with Gasteiger partial charge in [0.1, 0.15) is 0 Å². The van der Waals surface area contributed by atoms with Crippen molar-refractivity contribution in [3.05, 3.63) is 33.3 Å². The van der Waals surface area contributed by atoms with E-state index in [9.17, 15) is 0 Å². The molecule has 60 valence electrons. The van der Waals surface area contributed by atoms with Crippen LogP contribution in [0.25, 0.3) is 0 Å². The Balaban J connectivity index is 2.96. The van der Waals surface area contributed by atoms with Gasteiger partial charge in [0.05, 0.1) is 5.02 Å². The first-order valence-corrected chi connectivity index (χ1v) is 4.50. The summed E-state index contributed by atoms with van der Waals surface area (Å²) in [5, 5.41) is 3.83. The van der Waals surface area contributed by atoms with Gasteiger partial charge in [-0.05, 0) is 34.6 Å². The summed E-state index contributed by atoms with van der Waals surface area (Å²) in [6.07, 6.45) is 0. The van der Waals surface area contributed by atoms with Crippen LogP contribution in [0.5, 0.6) is 0 Å². The highest BCUT2D eigenvalue weighted by atomic mass is 79.9. The Morgan fingerprint density at radius 3 is 2.91 bits per heavy atom. The van der Waals surface area contributed by atoms with E-state index in [2.05, 4.69) is 21.2 Å². The van der Waals surface area contributed by atoms with E-state index in [4.69, 9.17) is 11.6 Å². The zero-order chi connectivity index (χ0) is 8.27. The molecule has 0 aliphatic carbocycles. The number of halogens is 2. The molecule has 3 heteroatoms. The Morgan fingerprint density at radius 2 is 2.27 bits per heavy atom. The summed E-state index contributed by atoms with van der Waals surface area (Å²) in [7, 11) is 1.91. The molecule has 0 atom stereocenters. The maximum atomic E-state index is 5.87. The van der Waals surface area contributed by atoms with Crippen molar-refractivity contribution in [2.45, 2.75) is 6.54 Å². The summed E-state index contributed by atoms with van der Waals surface area (Å²) < 4.78 is 0.982. The van der Waals surface area contributed by atoms with E-state index >= 15 is 0 Å². The van der Waals surface area contributed by atoms with Crippen LogP contribution in [0, 0.1) is 0 Å². The topological polar surface area (TPSA) is 12.0 Å². The molecule has 0 aliphatic rings. The first-order chi connectivity index (χ1) is 5.25. The van der Waals surface area contributed by atoms with Crippen molar-refractivity contribution >= 4 is 27.5 Å². The Kier molecular flexibility index (Phi) is 3.37. The highest BCUT2D eigenvalue weighted by Crippen LogP contribution is 2.25. The lowest BCUT2D eigenvalue weighted by Crippen LogP contribution is -2.05. The lowest BCUT2D eigenvalue weighted by molar-refractivity contribution is 0.814. The van der Waals surface area contributed by atoms with Gasteiger partial charge in [0.2, 0.25) is 0 Å². The smallest absolute Gasteiger partial charge is 0.0551 e. The minimum absolute atomic E-state index is 0.762. The van der Waals surface area contributed by atoms with Gasteiger partial charge in [-0.3, -0.25) is 0 Å². The summed E-state index contributed by atoms with van der Waals surface area (Å²) >= 11 is 9.28. The van der Waals surface area contributed by atoms with Crippen molar-refractivity contribution in [3.63, 3.8) is 0 Å². The van der Waals surface area contributed by atoms with Crippen molar-refractivity contribution in [2.75, 3.05) is 7.05 Å². The van der Waals surface area contributed by atoms with Gasteiger partial charge in [0.15, 0.2) is 0 Å². The Bertz CT molecular complexity index is 250. The van der Waals surface area contributed by atoms with Gasteiger partial charge >= 0.3 is 0 Å². The molecule has 0 saturated carbocycles. The molecule has 11 heavy (non-hydrogen) atoms. The van der Waals surface area contributed by atoms with Gasteiger partial charge in [-0.15, -0.1) is 0 Å². The second kappa shape index (κ2) is 4.10. The Labute approximate surface area is 79.9 Å². The van der Waals surface area contributed by atoms with Crippen LogP contribution < -0.4 is 5.32 Å². The van der Waals surface area contributed by atoms with Crippen LogP contribution in [-0.2, 0) is 6.54 Å². The quantitative estimate of drug-likeness (QED) is 0.830. The highest BCUT2D eigenvalue weighted by Gasteiger charge is 2.00. The van der Waals surface area contributed by atoms with Crippen molar-refractivity contribution in [2.24, 2.45) is 0 Å². The summed E-state index contributed by atoms with van der Waals surface area (Å²) in [5.74, 6) is 0. The molecule has 0 fully saturated rings. The minimum Gasteiger partial charge on any atom is -0.316 e. The van der Waals surface area contributed by atoms with Crippen molar-refractivity contribution in [1.29, 1.82) is 0 Å². The zero-order valence-corrected chi connectivity index (χ0v) is 8.54. The first-order valence-electron chi connectivity index (χ1n) is 3.33. The van der Waals surface area contributed by atoms with E-state index < -0.39 is 0 Å². The minimum atomic E-state index is 0.762. The van der Waals surface area contributed by atoms with Gasteiger partial charge in [0.25, 0.3) is 0 Å². The molecule has 0 amide bonds. The van der Waals surface area contributed by atoms with E-state index in [0.717, 1.165) is 16.0 Å². The third-order valence-electron chi connectivity index (χ3n) is 1.40. The fraction of sp³-hybridized carbons (Fsp3) is 0.250. The molecule has 0 aromatic heterocycles. The molecular formula is C8H9BrClN. The zero-order valence-electron chi connectivity index (χ0n) is 6.20. The summed E-state index contributed by atoms with van der Waals surface area (Å²) in [4.78, 5) is 0. The highest BCUT2D eigenvalue weighted by molar-refractivity contribution is 9.10. The predicted molar refractivity (Wildman–Crippen MR) is 51.9 cm³/mol. The maximum absolute atomic E-state index is 5.87. The molecule has 0 bridgehead atoms. The standard InChI is InChI=1S/C8H9BrClN/c1-11-5-6-3-2-4-7(10)8(6)9/h2-4,11H,5H2,1H3. The maximum Gasteiger partial charge on any atom is 0.0551 e. The molecule has 1 aromatic rings. The first kappa shape index (κ1) is 9.04. The number of nitrogens with one attached hydrogen (secondary N) is 1. The molecule has 1 aromatic carbocycles. The van der Waals surface area contributed by atoms with E-state index in [1.165, 1.54) is 5.56 Å². The van der Waals surface area contributed by atoms with Gasteiger partial charge in [-0.2, -0.15) is 0 Å². The van der Waals surface area contributed by atoms with Gasteiger partial charge < -0.3 is 5.32 Å². The fourth-order valence-electron chi connectivity index (χ4n) is 0.875. The molecule has 0 unspecified atom stereocenters. The average molecular weight is 235 g/mol. The second-order valence-corrected chi connectivity index (χ2v) is 3.44. The number of hydrogen-bond acceptors (Lipinski definition) is 1. The molecule has 1 N–H and O–H groups in total. The van der Waals surface area contributed by atoms with Crippen LogP contribution in [0.3, 0.4) is 0 Å². The molecule has 0 aliphatic heterocycles. The molecule has 0 saturated heterocycles. The lowest BCUT2D eigenvalue weighted by Gasteiger charge is -2.03. The van der Waals surface area contributed by atoms with Crippen molar-refractivity contribution in [3.8, 4) is 0 Å². The van der Waals surface area contributed by atoms with Crippen LogP contribution >= 0.6 is 27.5 Å². The summed E-state index contributed by atoms with van der Waals surface area (Å²) in [5.41, 5.74) is 1.18. The molecular weight excluding hydrogens is 225 g/mol. The van der Waals surface area contributed by atoms with Crippen molar-refractivity contribution < 1.29 is 0 Å². The van der Waals surface area contributed by atoms with E-state index in [1.54, 1.807) is 0 Å². The third-order valence-corrected chi connectivity index (χ3v) is 2.88. The van der Waals surface area contributed by atoms with E-state index in [-0.39, 0.29) is 0 Å². The number of rotatable bonds is 2. The monoisotopic (exact) mass is 233 g/mol. The molecule has 1 rings (SSSR count). The molecule has 0 spiro atoms. The van der Waals surface area contributed by atoms with Crippen molar-refractivity contribution in [1.82, 2.24) is 5.32 Å². The fourth-order valence-corrected chi connectivity index (χ4v) is 1.47. The molecule has 1 nitrogen and oxygen atoms in total. The largest absolute Gasteiger partial charge is 0.316 e. The third kappa shape index (κ3) is 2.19. The summed E-state index contributed by atoms with van der Waals surface area (Å²) in [6.45, 7) is 0.834. The van der Waals surface area contributed by atoms with Crippen LogP contribution in [0.15, 0.2) is 22.7 Å². The molecule has 0 radical (unpaired) electrons. The normalized spacial score (nSPS) is 10.1. The van der Waals surface area contributed by atoms with E-state index in [1.807, 2.05) is 25.2 Å². The predicted octanol–water partition coefficient (Wildman–Crippen LogP) is 2.82. The number of benzene rings is 1. The van der Waals surface area contributed by atoms with Gasteiger partial charge in [0, 0.05) is 11.0 Å². The second-order valence-electron chi connectivity index (χ2n) is 2.24. The van der Waals surface area contributed by atoms with Crippen LogP contribution in [0.2, 0.25) is 5.02 Å². The summed E-state index contributed by atoms with van der Waals surface area (Å²) in [6, 6.07) is 5.84. The lowest BCUT2D eigenvalue weighted by atomic mass is 10.2. The van der Waals surface area contributed by atoms with Crippen LogP contribution in [0.1, 0.15) is 5.56 Å². The van der Waals surface area contributed by atoms with E-state index in [0.29, 0.717) is 0 Å². The van der Waals surface area contributed by atoms with Gasteiger partial charge in [-0.1, -0.05) is 23.7 Å². The SMILES string of the molecule is CNCc1cccc(Cl)c1Br. The Hall–Kier alpha value is -0.0500. The average Bonchev–Trinajstić information content (AvgIpc) is 1.99. The molecule has 0 heterocycles.